The fourth-order valence-electron chi connectivity index (χ4n) is 3.81. The summed E-state index contributed by atoms with van der Waals surface area (Å²) in [4.78, 5) is 13.0. The molecule has 0 aliphatic carbocycles. The first-order chi connectivity index (χ1) is 14.7. The molecule has 0 spiro atoms. The molecule has 1 unspecified atom stereocenters. The van der Waals surface area contributed by atoms with Crippen molar-refractivity contribution < 1.29 is 24.1 Å². The quantitative estimate of drug-likeness (QED) is 0.254. The zero-order valence-corrected chi connectivity index (χ0v) is 20.0. The van der Waals surface area contributed by atoms with Gasteiger partial charge in [-0.3, -0.25) is 0 Å². The summed E-state index contributed by atoms with van der Waals surface area (Å²) in [7, 11) is 1.54. The van der Waals surface area contributed by atoms with Gasteiger partial charge in [-0.25, -0.2) is 4.79 Å². The fourth-order valence-corrected chi connectivity index (χ4v) is 3.81. The average molecular weight is 431 g/mol. The van der Waals surface area contributed by atoms with Crippen LogP contribution in [0.25, 0.3) is 0 Å². The van der Waals surface area contributed by atoms with Gasteiger partial charge < -0.3 is 19.3 Å². The standard InChI is InChI=1S/C26H38O5/c1-7-8-9-13-20-16-22(27)21(15-14-19(4)12-10-11-18(2)3)24-23(20)25(28)31-26(5,30-24)17-29-6/h11,14,16,27H,7-10,12-13,15,17H2,1-6H3. The van der Waals surface area contributed by atoms with Crippen LogP contribution in [0.15, 0.2) is 29.4 Å². The number of fused-ring (bicyclic) bond motifs is 1. The van der Waals surface area contributed by atoms with Gasteiger partial charge in [0.15, 0.2) is 0 Å². The molecule has 0 amide bonds. The van der Waals surface area contributed by atoms with Crippen LogP contribution in [-0.2, 0) is 22.3 Å². The van der Waals surface area contributed by atoms with E-state index in [4.69, 9.17) is 14.2 Å². The highest BCUT2D eigenvalue weighted by atomic mass is 16.7. The maximum Gasteiger partial charge on any atom is 0.345 e. The van der Waals surface area contributed by atoms with E-state index in [0.29, 0.717) is 29.7 Å². The SMILES string of the molecule is CCCCCc1cc(O)c(CC=C(C)CCC=C(C)C)c2c1C(=O)OC(C)(COC)O2. The number of ether oxygens (including phenoxy) is 3. The van der Waals surface area contributed by atoms with Crippen LogP contribution in [0.2, 0.25) is 0 Å². The summed E-state index contributed by atoms with van der Waals surface area (Å²) < 4.78 is 17.0. The number of allylic oxidation sites excluding steroid dienone is 4. The first kappa shape index (κ1) is 25.0. The van der Waals surface area contributed by atoms with Crippen molar-refractivity contribution in [3.8, 4) is 11.5 Å². The third kappa shape index (κ3) is 6.86. The van der Waals surface area contributed by atoms with Crippen LogP contribution in [0.5, 0.6) is 11.5 Å². The number of hydrogen-bond donors (Lipinski definition) is 1. The molecule has 1 N–H and O–H groups in total. The summed E-state index contributed by atoms with van der Waals surface area (Å²) in [5, 5.41) is 10.8. The first-order valence-electron chi connectivity index (χ1n) is 11.3. The second kappa shape index (κ2) is 11.4. The smallest absolute Gasteiger partial charge is 0.345 e. The van der Waals surface area contributed by atoms with Crippen LogP contribution in [-0.4, -0.2) is 30.6 Å². The molecule has 1 aromatic rings. The van der Waals surface area contributed by atoms with E-state index in [1.54, 1.807) is 13.0 Å². The molecule has 5 nitrogen and oxygen atoms in total. The van der Waals surface area contributed by atoms with E-state index in [0.717, 1.165) is 37.7 Å². The molecule has 0 radical (unpaired) electrons. The lowest BCUT2D eigenvalue weighted by molar-refractivity contribution is -0.171. The number of aromatic hydroxyl groups is 1. The molecule has 0 bridgehead atoms. The Balaban J connectivity index is 2.40. The Morgan fingerprint density at radius 1 is 1.19 bits per heavy atom. The van der Waals surface area contributed by atoms with Gasteiger partial charge in [0.1, 0.15) is 23.7 Å². The molecular formula is C26H38O5. The lowest BCUT2D eigenvalue weighted by Crippen LogP contribution is -2.46. The van der Waals surface area contributed by atoms with Gasteiger partial charge >= 0.3 is 5.97 Å². The van der Waals surface area contributed by atoms with Crippen LogP contribution < -0.4 is 4.74 Å². The molecule has 0 saturated carbocycles. The largest absolute Gasteiger partial charge is 0.508 e. The Kier molecular flexibility index (Phi) is 9.17. The lowest BCUT2D eigenvalue weighted by atomic mass is 9.93. The van der Waals surface area contributed by atoms with Crippen molar-refractivity contribution in [1.82, 2.24) is 0 Å². The van der Waals surface area contributed by atoms with Gasteiger partial charge in [0, 0.05) is 19.6 Å². The van der Waals surface area contributed by atoms with Crippen LogP contribution in [0.4, 0.5) is 0 Å². The lowest BCUT2D eigenvalue weighted by Gasteiger charge is -2.36. The molecule has 0 saturated heterocycles. The van der Waals surface area contributed by atoms with Crippen LogP contribution >= 0.6 is 0 Å². The van der Waals surface area contributed by atoms with Crippen molar-refractivity contribution in [2.75, 3.05) is 13.7 Å². The topological polar surface area (TPSA) is 65.0 Å². The second-order valence-electron chi connectivity index (χ2n) is 8.83. The predicted octanol–water partition coefficient (Wildman–Crippen LogP) is 6.27. The van der Waals surface area contributed by atoms with Crippen LogP contribution in [0, 0.1) is 0 Å². The molecule has 0 fully saturated rings. The zero-order valence-electron chi connectivity index (χ0n) is 20.0. The minimum Gasteiger partial charge on any atom is -0.508 e. The molecule has 2 rings (SSSR count). The number of rotatable bonds is 11. The van der Waals surface area contributed by atoms with E-state index in [9.17, 15) is 9.90 Å². The molecule has 5 heteroatoms. The Hall–Kier alpha value is -2.27. The number of carbonyl (C=O) groups excluding carboxylic acids is 1. The van der Waals surface area contributed by atoms with Crippen molar-refractivity contribution in [3.63, 3.8) is 0 Å². The Morgan fingerprint density at radius 3 is 2.58 bits per heavy atom. The number of aryl methyl sites for hydroxylation is 1. The highest BCUT2D eigenvalue weighted by Gasteiger charge is 2.41. The minimum absolute atomic E-state index is 0.107. The molecule has 1 aromatic carbocycles. The van der Waals surface area contributed by atoms with Crippen molar-refractivity contribution >= 4 is 5.97 Å². The third-order valence-electron chi connectivity index (χ3n) is 5.48. The molecular weight excluding hydrogens is 392 g/mol. The Labute approximate surface area is 187 Å². The molecule has 1 aliphatic rings. The second-order valence-corrected chi connectivity index (χ2v) is 8.83. The summed E-state index contributed by atoms with van der Waals surface area (Å²) >= 11 is 0. The average Bonchev–Trinajstić information content (AvgIpc) is 2.66. The Morgan fingerprint density at radius 2 is 1.94 bits per heavy atom. The van der Waals surface area contributed by atoms with Crippen molar-refractivity contribution in [2.45, 2.75) is 85.4 Å². The van der Waals surface area contributed by atoms with Gasteiger partial charge in [-0.15, -0.1) is 0 Å². The van der Waals surface area contributed by atoms with E-state index in [-0.39, 0.29) is 12.4 Å². The van der Waals surface area contributed by atoms with Gasteiger partial charge in [0.25, 0.3) is 5.79 Å². The number of benzene rings is 1. The number of phenols is 1. The number of methoxy groups -OCH3 is 1. The maximum absolute atomic E-state index is 13.0. The molecule has 0 aromatic heterocycles. The maximum atomic E-state index is 13.0. The van der Waals surface area contributed by atoms with Crippen molar-refractivity contribution in [3.05, 3.63) is 46.1 Å². The summed E-state index contributed by atoms with van der Waals surface area (Å²) in [5.41, 5.74) is 4.37. The van der Waals surface area contributed by atoms with E-state index >= 15 is 0 Å². The summed E-state index contributed by atoms with van der Waals surface area (Å²) in [5.74, 6) is -1.05. The van der Waals surface area contributed by atoms with Gasteiger partial charge in [-0.1, -0.05) is 43.1 Å². The third-order valence-corrected chi connectivity index (χ3v) is 5.48. The number of carbonyl (C=O) groups is 1. The van der Waals surface area contributed by atoms with Gasteiger partial charge in [-0.2, -0.15) is 0 Å². The van der Waals surface area contributed by atoms with Crippen LogP contribution in [0.3, 0.4) is 0 Å². The van der Waals surface area contributed by atoms with Gasteiger partial charge in [0.2, 0.25) is 0 Å². The number of hydrogen-bond acceptors (Lipinski definition) is 5. The van der Waals surface area contributed by atoms with Crippen molar-refractivity contribution in [2.24, 2.45) is 0 Å². The highest BCUT2D eigenvalue weighted by Crippen LogP contribution is 2.42. The number of phenolic OH excluding ortho intramolecular Hbond substituents is 1. The molecule has 31 heavy (non-hydrogen) atoms. The predicted molar refractivity (Wildman–Crippen MR) is 124 cm³/mol. The van der Waals surface area contributed by atoms with E-state index in [2.05, 4.69) is 39.8 Å². The Bertz CT molecular complexity index is 833. The van der Waals surface area contributed by atoms with E-state index in [1.807, 2.05) is 0 Å². The van der Waals surface area contributed by atoms with Crippen molar-refractivity contribution in [1.29, 1.82) is 0 Å². The normalized spacial score (nSPS) is 18.3. The summed E-state index contributed by atoms with van der Waals surface area (Å²) in [6.45, 7) is 10.2. The first-order valence-corrected chi connectivity index (χ1v) is 11.3. The number of esters is 1. The van der Waals surface area contributed by atoms with Gasteiger partial charge in [0.05, 0.1) is 0 Å². The van der Waals surface area contributed by atoms with E-state index < -0.39 is 11.8 Å². The zero-order chi connectivity index (χ0) is 23.0. The minimum atomic E-state index is -1.22. The summed E-state index contributed by atoms with van der Waals surface area (Å²) in [6.07, 6.45) is 10.5. The molecule has 1 heterocycles. The molecule has 1 aliphatic heterocycles. The monoisotopic (exact) mass is 430 g/mol. The highest BCUT2D eigenvalue weighted by molar-refractivity contribution is 5.96. The number of cyclic esters (lactones) is 1. The molecule has 1 atom stereocenters. The van der Waals surface area contributed by atoms with Gasteiger partial charge in [-0.05, 0) is 64.5 Å². The molecule has 172 valence electrons. The van der Waals surface area contributed by atoms with Crippen LogP contribution in [0.1, 0.15) is 88.2 Å². The van der Waals surface area contributed by atoms with E-state index in [1.165, 1.54) is 18.3 Å². The number of unbranched alkanes of at least 4 members (excludes halogenated alkanes) is 2. The summed E-state index contributed by atoms with van der Waals surface area (Å²) in [6, 6.07) is 1.71. The fraction of sp³-hybridized carbons (Fsp3) is 0.577.